The van der Waals surface area contributed by atoms with E-state index >= 15 is 0 Å². The minimum Gasteiger partial charge on any atom is -0.456 e. The van der Waals surface area contributed by atoms with Crippen LogP contribution in [0.25, 0.3) is 0 Å². The second-order valence-corrected chi connectivity index (χ2v) is 5.19. The molecule has 2 aromatic carbocycles. The van der Waals surface area contributed by atoms with Gasteiger partial charge in [0.25, 0.3) is 0 Å². The Morgan fingerprint density at radius 2 is 2.00 bits per heavy atom. The summed E-state index contributed by atoms with van der Waals surface area (Å²) in [6.45, 7) is 0.477. The lowest BCUT2D eigenvalue weighted by Gasteiger charge is -2.13. The Bertz CT molecular complexity index is 592. The van der Waals surface area contributed by atoms with Crippen LogP contribution in [0.15, 0.2) is 40.9 Å². The van der Waals surface area contributed by atoms with E-state index in [4.69, 9.17) is 22.1 Å². The van der Waals surface area contributed by atoms with Crippen molar-refractivity contribution in [2.45, 2.75) is 6.42 Å². The summed E-state index contributed by atoms with van der Waals surface area (Å²) < 4.78 is 19.3. The molecule has 0 spiro atoms. The standard InChI is InChI=1S/C14H12BrClFNO/c15-11-8-9(17)4-5-14(11)19-13-3-1-2-12(16)10(13)6-7-18/h1-5,8H,6-7,18H2. The van der Waals surface area contributed by atoms with Crippen LogP contribution in [0.3, 0.4) is 0 Å². The molecule has 0 fully saturated rings. The molecule has 0 aliphatic heterocycles. The minimum absolute atomic E-state index is 0.326. The molecule has 5 heteroatoms. The molecule has 19 heavy (non-hydrogen) atoms. The van der Waals surface area contributed by atoms with Crippen LogP contribution in [0.5, 0.6) is 11.5 Å². The van der Waals surface area contributed by atoms with Crippen molar-refractivity contribution in [3.05, 3.63) is 57.3 Å². The number of hydrogen-bond acceptors (Lipinski definition) is 2. The molecule has 0 bridgehead atoms. The van der Waals surface area contributed by atoms with Gasteiger partial charge in [-0.05, 0) is 59.2 Å². The summed E-state index contributed by atoms with van der Waals surface area (Å²) in [5.74, 6) is 0.833. The lowest BCUT2D eigenvalue weighted by molar-refractivity contribution is 0.471. The fraction of sp³-hybridized carbons (Fsp3) is 0.143. The molecule has 0 radical (unpaired) electrons. The van der Waals surface area contributed by atoms with Crippen molar-refractivity contribution in [3.63, 3.8) is 0 Å². The zero-order valence-electron chi connectivity index (χ0n) is 10.00. The molecule has 0 unspecified atom stereocenters. The number of nitrogens with two attached hydrogens (primary N) is 1. The van der Waals surface area contributed by atoms with Crippen LogP contribution in [-0.4, -0.2) is 6.54 Å². The predicted molar refractivity (Wildman–Crippen MR) is 78.4 cm³/mol. The van der Waals surface area contributed by atoms with Crippen molar-refractivity contribution < 1.29 is 9.13 Å². The third kappa shape index (κ3) is 3.47. The van der Waals surface area contributed by atoms with Gasteiger partial charge in [-0.3, -0.25) is 0 Å². The van der Waals surface area contributed by atoms with E-state index in [0.29, 0.717) is 34.0 Å². The molecule has 0 aliphatic rings. The van der Waals surface area contributed by atoms with Gasteiger partial charge in [-0.2, -0.15) is 0 Å². The summed E-state index contributed by atoms with van der Waals surface area (Å²) in [5.41, 5.74) is 6.42. The van der Waals surface area contributed by atoms with Gasteiger partial charge in [-0.25, -0.2) is 4.39 Å². The molecule has 0 atom stereocenters. The average Bonchev–Trinajstić information content (AvgIpc) is 2.37. The Balaban J connectivity index is 2.35. The summed E-state index contributed by atoms with van der Waals surface area (Å²) >= 11 is 9.40. The van der Waals surface area contributed by atoms with Gasteiger partial charge in [0, 0.05) is 10.6 Å². The van der Waals surface area contributed by atoms with Gasteiger partial charge in [-0.1, -0.05) is 17.7 Å². The molecule has 0 aliphatic carbocycles. The zero-order valence-corrected chi connectivity index (χ0v) is 12.3. The van der Waals surface area contributed by atoms with Crippen LogP contribution in [-0.2, 0) is 6.42 Å². The SMILES string of the molecule is NCCc1c(Cl)cccc1Oc1ccc(F)cc1Br. The van der Waals surface area contributed by atoms with E-state index in [1.54, 1.807) is 18.2 Å². The summed E-state index contributed by atoms with van der Waals surface area (Å²) in [5, 5.41) is 0.612. The highest BCUT2D eigenvalue weighted by atomic mass is 79.9. The number of hydrogen-bond donors (Lipinski definition) is 1. The van der Waals surface area contributed by atoms with Gasteiger partial charge in [0.15, 0.2) is 0 Å². The van der Waals surface area contributed by atoms with Crippen LogP contribution < -0.4 is 10.5 Å². The highest BCUT2D eigenvalue weighted by Gasteiger charge is 2.10. The van der Waals surface area contributed by atoms with E-state index in [2.05, 4.69) is 15.9 Å². The normalized spacial score (nSPS) is 10.5. The summed E-state index contributed by atoms with van der Waals surface area (Å²) in [6, 6.07) is 9.66. The Labute approximate surface area is 124 Å². The number of rotatable bonds is 4. The monoisotopic (exact) mass is 343 g/mol. The molecule has 100 valence electrons. The van der Waals surface area contributed by atoms with Crippen molar-refractivity contribution in [2.75, 3.05) is 6.54 Å². The predicted octanol–water partition coefficient (Wildman–Crippen LogP) is 4.54. The Morgan fingerprint density at radius 3 is 2.68 bits per heavy atom. The van der Waals surface area contributed by atoms with Gasteiger partial charge >= 0.3 is 0 Å². The maximum Gasteiger partial charge on any atom is 0.141 e. The van der Waals surface area contributed by atoms with Crippen molar-refractivity contribution in [3.8, 4) is 11.5 Å². The van der Waals surface area contributed by atoms with Crippen LogP contribution >= 0.6 is 27.5 Å². The van der Waals surface area contributed by atoms with E-state index in [9.17, 15) is 4.39 Å². The third-order valence-electron chi connectivity index (χ3n) is 2.58. The fourth-order valence-electron chi connectivity index (χ4n) is 1.70. The molecule has 2 rings (SSSR count). The third-order valence-corrected chi connectivity index (χ3v) is 3.56. The van der Waals surface area contributed by atoms with Gasteiger partial charge in [0.1, 0.15) is 17.3 Å². The van der Waals surface area contributed by atoms with Gasteiger partial charge in [-0.15, -0.1) is 0 Å². The molecule has 0 amide bonds. The van der Waals surface area contributed by atoms with Crippen molar-refractivity contribution >= 4 is 27.5 Å². The fourth-order valence-corrected chi connectivity index (χ4v) is 2.39. The molecule has 0 aromatic heterocycles. The van der Waals surface area contributed by atoms with E-state index in [1.165, 1.54) is 12.1 Å². The van der Waals surface area contributed by atoms with Crippen LogP contribution in [0, 0.1) is 5.82 Å². The first-order chi connectivity index (χ1) is 9.11. The number of halogens is 3. The molecular formula is C14H12BrClFNO. The van der Waals surface area contributed by atoms with Crippen LogP contribution in [0.1, 0.15) is 5.56 Å². The number of benzene rings is 2. The van der Waals surface area contributed by atoms with E-state index in [1.807, 2.05) is 6.07 Å². The lowest BCUT2D eigenvalue weighted by atomic mass is 10.1. The highest BCUT2D eigenvalue weighted by Crippen LogP contribution is 2.34. The smallest absolute Gasteiger partial charge is 0.141 e. The van der Waals surface area contributed by atoms with E-state index < -0.39 is 0 Å². The minimum atomic E-state index is -0.326. The second kappa shape index (κ2) is 6.37. The summed E-state index contributed by atoms with van der Waals surface area (Å²) in [4.78, 5) is 0. The first kappa shape index (κ1) is 14.3. The summed E-state index contributed by atoms with van der Waals surface area (Å²) in [7, 11) is 0. The lowest BCUT2D eigenvalue weighted by Crippen LogP contribution is -2.04. The zero-order chi connectivity index (χ0) is 13.8. The first-order valence-corrected chi connectivity index (χ1v) is 6.89. The average molecular weight is 345 g/mol. The maximum atomic E-state index is 13.0. The Morgan fingerprint density at radius 1 is 1.21 bits per heavy atom. The van der Waals surface area contributed by atoms with Gasteiger partial charge in [0.2, 0.25) is 0 Å². The topological polar surface area (TPSA) is 35.2 Å². The van der Waals surface area contributed by atoms with E-state index in [0.717, 1.165) is 5.56 Å². The molecule has 0 saturated carbocycles. The molecule has 2 nitrogen and oxygen atoms in total. The van der Waals surface area contributed by atoms with Crippen molar-refractivity contribution in [2.24, 2.45) is 5.73 Å². The van der Waals surface area contributed by atoms with Crippen molar-refractivity contribution in [1.82, 2.24) is 0 Å². The molecule has 2 aromatic rings. The van der Waals surface area contributed by atoms with Crippen molar-refractivity contribution in [1.29, 1.82) is 0 Å². The Hall–Kier alpha value is -1.10. The largest absolute Gasteiger partial charge is 0.456 e. The molecule has 2 N–H and O–H groups in total. The summed E-state index contributed by atoms with van der Waals surface area (Å²) in [6.07, 6.45) is 0.619. The molecular weight excluding hydrogens is 333 g/mol. The highest BCUT2D eigenvalue weighted by molar-refractivity contribution is 9.10. The van der Waals surface area contributed by atoms with Crippen LogP contribution in [0.2, 0.25) is 5.02 Å². The molecule has 0 heterocycles. The van der Waals surface area contributed by atoms with Gasteiger partial charge in [0.05, 0.1) is 4.47 Å². The number of ether oxygens (including phenoxy) is 1. The molecule has 0 saturated heterocycles. The van der Waals surface area contributed by atoms with Crippen LogP contribution in [0.4, 0.5) is 4.39 Å². The Kier molecular flexibility index (Phi) is 4.80. The quantitative estimate of drug-likeness (QED) is 0.884. The van der Waals surface area contributed by atoms with E-state index in [-0.39, 0.29) is 5.82 Å². The maximum absolute atomic E-state index is 13.0. The second-order valence-electron chi connectivity index (χ2n) is 3.93. The first-order valence-electron chi connectivity index (χ1n) is 5.72. The van der Waals surface area contributed by atoms with Gasteiger partial charge < -0.3 is 10.5 Å².